The Morgan fingerprint density at radius 2 is 1.92 bits per heavy atom. The number of amides is 1. The number of piperidine rings is 1. The molecule has 2 heterocycles. The third-order valence-corrected chi connectivity index (χ3v) is 9.19. The van der Waals surface area contributed by atoms with Gasteiger partial charge in [-0.3, -0.25) is 14.2 Å². The summed E-state index contributed by atoms with van der Waals surface area (Å²) in [7, 11) is 0. The van der Waals surface area contributed by atoms with Crippen molar-refractivity contribution in [3.05, 3.63) is 52.8 Å². The van der Waals surface area contributed by atoms with Gasteiger partial charge in [0.2, 0.25) is 5.91 Å². The van der Waals surface area contributed by atoms with Crippen molar-refractivity contribution in [2.24, 2.45) is 17.3 Å². The van der Waals surface area contributed by atoms with Gasteiger partial charge in [-0.2, -0.15) is 0 Å². The van der Waals surface area contributed by atoms with Crippen molar-refractivity contribution in [3.63, 3.8) is 0 Å². The molecular weight excluding hydrogens is 457 g/mol. The van der Waals surface area contributed by atoms with Crippen LogP contribution >= 0.6 is 0 Å². The summed E-state index contributed by atoms with van der Waals surface area (Å²) in [6.07, 6.45) is 11.9. The van der Waals surface area contributed by atoms with Crippen molar-refractivity contribution >= 4 is 5.91 Å². The lowest BCUT2D eigenvalue weighted by atomic mass is 9.55. The Kier molecular flexibility index (Phi) is 7.03. The highest BCUT2D eigenvalue weighted by molar-refractivity contribution is 5.78. The highest BCUT2D eigenvalue weighted by atomic mass is 19.1. The Morgan fingerprint density at radius 1 is 1.17 bits per heavy atom. The van der Waals surface area contributed by atoms with E-state index < -0.39 is 16.8 Å². The first-order valence-corrected chi connectivity index (χ1v) is 13.6. The number of hydrogen-bond acceptors (Lipinski definition) is 4. The van der Waals surface area contributed by atoms with Crippen molar-refractivity contribution in [3.8, 4) is 11.3 Å². The fraction of sp³-hybridized carbons (Fsp3) is 0.621. The number of nitrogens with zero attached hydrogens (tertiary/aromatic N) is 3. The minimum atomic E-state index is -1.08. The van der Waals surface area contributed by atoms with E-state index in [9.17, 15) is 19.1 Å². The molecular formula is C29H38FN3O3. The lowest BCUT2D eigenvalue weighted by Crippen LogP contribution is -2.66. The quantitative estimate of drug-likeness (QED) is 0.625. The third kappa shape index (κ3) is 4.74. The minimum Gasteiger partial charge on any atom is -0.387 e. The summed E-state index contributed by atoms with van der Waals surface area (Å²) in [4.78, 5) is 32.6. The predicted octanol–water partition coefficient (Wildman–Crippen LogP) is 4.79. The van der Waals surface area contributed by atoms with Crippen LogP contribution < -0.4 is 5.56 Å². The number of halogens is 1. The van der Waals surface area contributed by atoms with Crippen LogP contribution in [0.25, 0.3) is 11.3 Å². The molecule has 1 aliphatic heterocycles. The van der Waals surface area contributed by atoms with Crippen molar-refractivity contribution < 1.29 is 14.3 Å². The number of aromatic nitrogens is 2. The number of aliphatic hydroxyl groups is 1. The van der Waals surface area contributed by atoms with Gasteiger partial charge in [-0.25, -0.2) is 9.37 Å². The van der Waals surface area contributed by atoms with Gasteiger partial charge in [0.25, 0.3) is 5.56 Å². The summed E-state index contributed by atoms with van der Waals surface area (Å²) in [6.45, 7) is 3.25. The Labute approximate surface area is 212 Å². The van der Waals surface area contributed by atoms with Crippen LogP contribution in [0.2, 0.25) is 0 Å². The summed E-state index contributed by atoms with van der Waals surface area (Å²) >= 11 is 0. The molecule has 5 rings (SSSR count). The number of hydrogen-bond donors (Lipinski definition) is 1. The molecule has 2 aromatic rings. The van der Waals surface area contributed by atoms with Crippen molar-refractivity contribution in [1.29, 1.82) is 0 Å². The number of benzene rings is 1. The van der Waals surface area contributed by atoms with E-state index in [1.54, 1.807) is 18.2 Å². The van der Waals surface area contributed by atoms with Gasteiger partial charge in [-0.15, -0.1) is 0 Å². The summed E-state index contributed by atoms with van der Waals surface area (Å²) < 4.78 is 15.6. The monoisotopic (exact) mass is 495 g/mol. The minimum absolute atomic E-state index is 0.00849. The molecule has 2 atom stereocenters. The average molecular weight is 496 g/mol. The Hall–Kier alpha value is -2.54. The molecule has 1 amide bonds. The lowest BCUT2D eigenvalue weighted by molar-refractivity contribution is -0.187. The molecule has 2 unspecified atom stereocenters. The molecule has 1 spiro atoms. The average Bonchev–Trinajstić information content (AvgIpc) is 2.85. The summed E-state index contributed by atoms with van der Waals surface area (Å²) in [5.41, 5.74) is -1.22. The molecule has 1 aromatic carbocycles. The largest absolute Gasteiger partial charge is 0.387 e. The zero-order valence-electron chi connectivity index (χ0n) is 21.3. The van der Waals surface area contributed by atoms with Gasteiger partial charge in [0, 0.05) is 36.1 Å². The summed E-state index contributed by atoms with van der Waals surface area (Å²) in [5.74, 6) is 0.448. The zero-order chi connectivity index (χ0) is 25.3. The molecule has 1 saturated heterocycles. The molecule has 7 heteroatoms. The van der Waals surface area contributed by atoms with Crippen LogP contribution in [0.15, 0.2) is 41.5 Å². The number of likely N-dealkylation sites (tertiary alicyclic amines) is 1. The van der Waals surface area contributed by atoms with Gasteiger partial charge in [-0.1, -0.05) is 57.6 Å². The summed E-state index contributed by atoms with van der Waals surface area (Å²) in [5, 5.41) is 11.9. The normalized spacial score (nSPS) is 24.9. The van der Waals surface area contributed by atoms with E-state index in [1.165, 1.54) is 55.1 Å². The SMILES string of the molecule is CC(CC1CCCCC1)C(=O)N1CCC(O)(Cn2cnc(-c3ccccc3F)cc2=O)C2(CCC2)C1. The maximum atomic E-state index is 14.2. The fourth-order valence-electron chi connectivity index (χ4n) is 6.82. The first-order chi connectivity index (χ1) is 17.3. The van der Waals surface area contributed by atoms with Gasteiger partial charge < -0.3 is 10.0 Å². The van der Waals surface area contributed by atoms with E-state index in [0.29, 0.717) is 25.4 Å². The second-order valence-electron chi connectivity index (χ2n) is 11.5. The molecule has 0 radical (unpaired) electrons. The second-order valence-corrected chi connectivity index (χ2v) is 11.5. The first-order valence-electron chi connectivity index (χ1n) is 13.6. The zero-order valence-corrected chi connectivity index (χ0v) is 21.3. The molecule has 0 bridgehead atoms. The van der Waals surface area contributed by atoms with E-state index in [1.807, 2.05) is 4.90 Å². The number of rotatable bonds is 6. The van der Waals surface area contributed by atoms with Gasteiger partial charge in [0.1, 0.15) is 5.82 Å². The molecule has 36 heavy (non-hydrogen) atoms. The van der Waals surface area contributed by atoms with Crippen LogP contribution in [0.4, 0.5) is 4.39 Å². The molecule has 1 aromatic heterocycles. The van der Waals surface area contributed by atoms with E-state index in [-0.39, 0.29) is 35.2 Å². The van der Waals surface area contributed by atoms with Crippen molar-refractivity contribution in [2.75, 3.05) is 13.1 Å². The standard InChI is InChI=1S/C29H38FN3O3/c1-21(16-22-8-3-2-4-9-22)27(35)32-15-14-29(36,28(18-32)12-7-13-28)19-33-20-31-25(17-26(33)34)23-10-5-6-11-24(23)30/h5-6,10-11,17,20-22,36H,2-4,7-9,12-16,18-19H2,1H3. The molecule has 6 nitrogen and oxygen atoms in total. The molecule has 1 N–H and O–H groups in total. The van der Waals surface area contributed by atoms with Gasteiger partial charge in [-0.05, 0) is 43.7 Å². The Morgan fingerprint density at radius 3 is 2.58 bits per heavy atom. The molecule has 3 aliphatic rings. The molecule has 2 aliphatic carbocycles. The van der Waals surface area contributed by atoms with Crippen LogP contribution in [0.1, 0.15) is 71.1 Å². The van der Waals surface area contributed by atoms with E-state index >= 15 is 0 Å². The van der Waals surface area contributed by atoms with Gasteiger partial charge >= 0.3 is 0 Å². The lowest BCUT2D eigenvalue weighted by Gasteiger charge is -2.58. The topological polar surface area (TPSA) is 75.4 Å². The Bertz CT molecular complexity index is 1150. The van der Waals surface area contributed by atoms with Crippen molar-refractivity contribution in [2.45, 2.75) is 83.3 Å². The van der Waals surface area contributed by atoms with Gasteiger partial charge in [0.15, 0.2) is 0 Å². The maximum absolute atomic E-state index is 14.2. The van der Waals surface area contributed by atoms with Gasteiger partial charge in [0.05, 0.1) is 24.2 Å². The smallest absolute Gasteiger partial charge is 0.253 e. The number of carbonyl (C=O) groups excluding carboxylic acids is 1. The Balaban J connectivity index is 1.29. The number of carbonyl (C=O) groups is 1. The predicted molar refractivity (Wildman–Crippen MR) is 137 cm³/mol. The molecule has 3 fully saturated rings. The van der Waals surface area contributed by atoms with E-state index in [2.05, 4.69) is 11.9 Å². The maximum Gasteiger partial charge on any atom is 0.253 e. The molecule has 194 valence electrons. The highest BCUT2D eigenvalue weighted by Crippen LogP contribution is 2.54. The third-order valence-electron chi connectivity index (χ3n) is 9.19. The summed E-state index contributed by atoms with van der Waals surface area (Å²) in [6, 6.07) is 7.58. The van der Waals surface area contributed by atoms with E-state index in [0.717, 1.165) is 25.7 Å². The van der Waals surface area contributed by atoms with Crippen LogP contribution in [0, 0.1) is 23.1 Å². The molecule has 2 saturated carbocycles. The van der Waals surface area contributed by atoms with Crippen LogP contribution in [0.3, 0.4) is 0 Å². The highest BCUT2D eigenvalue weighted by Gasteiger charge is 2.57. The second kappa shape index (κ2) is 10.1. The van der Waals surface area contributed by atoms with Crippen molar-refractivity contribution in [1.82, 2.24) is 14.5 Å². The van der Waals surface area contributed by atoms with Crippen LogP contribution in [-0.4, -0.2) is 44.2 Å². The van der Waals surface area contributed by atoms with Crippen LogP contribution in [0.5, 0.6) is 0 Å². The van der Waals surface area contributed by atoms with E-state index in [4.69, 9.17) is 0 Å². The van der Waals surface area contributed by atoms with Crippen LogP contribution in [-0.2, 0) is 11.3 Å². The first kappa shape index (κ1) is 25.1. The fourth-order valence-corrected chi connectivity index (χ4v) is 6.82.